The van der Waals surface area contributed by atoms with Crippen molar-refractivity contribution in [3.8, 4) is 0 Å². The zero-order chi connectivity index (χ0) is 13.8. The Labute approximate surface area is 107 Å². The van der Waals surface area contributed by atoms with Gasteiger partial charge in [-0.15, -0.1) is 0 Å². The maximum Gasteiger partial charge on any atom is 0.243 e. The van der Waals surface area contributed by atoms with E-state index in [2.05, 4.69) is 15.3 Å². The molecule has 0 aliphatic rings. The fraction of sp³-hybridized carbons (Fsp3) is 0.583. The van der Waals surface area contributed by atoms with Crippen LogP contribution in [0.4, 0.5) is 5.95 Å². The number of likely N-dealkylation sites (N-methyl/N-ethyl adjacent to an activating group) is 1. The van der Waals surface area contributed by atoms with Crippen molar-refractivity contribution in [2.75, 3.05) is 18.9 Å². The van der Waals surface area contributed by atoms with E-state index in [9.17, 15) is 9.90 Å². The van der Waals surface area contributed by atoms with Gasteiger partial charge in [0, 0.05) is 18.9 Å². The van der Waals surface area contributed by atoms with Gasteiger partial charge < -0.3 is 5.11 Å². The minimum absolute atomic E-state index is 0.201. The molecule has 0 aliphatic carbocycles. The Bertz CT molecular complexity index is 389. The van der Waals surface area contributed by atoms with Gasteiger partial charge in [-0.05, 0) is 33.9 Å². The standard InChI is InChI=1S/C12H20N4O2/c1-9(16(4)8-12(2,3)18)10(17)15-11-13-6-5-7-14-11/h5-7,9,18H,8H2,1-4H3,(H,13,14,15,17). The van der Waals surface area contributed by atoms with E-state index in [0.29, 0.717) is 6.54 Å². The van der Waals surface area contributed by atoms with Gasteiger partial charge in [0.1, 0.15) is 0 Å². The lowest BCUT2D eigenvalue weighted by Gasteiger charge is -2.29. The van der Waals surface area contributed by atoms with E-state index in [4.69, 9.17) is 0 Å². The van der Waals surface area contributed by atoms with Crippen molar-refractivity contribution in [1.29, 1.82) is 0 Å². The average Bonchev–Trinajstić information content (AvgIpc) is 2.27. The number of carbonyl (C=O) groups excluding carboxylic acids is 1. The van der Waals surface area contributed by atoms with E-state index in [1.807, 2.05) is 0 Å². The Balaban J connectivity index is 2.56. The van der Waals surface area contributed by atoms with Gasteiger partial charge >= 0.3 is 0 Å². The van der Waals surface area contributed by atoms with Gasteiger partial charge in [0.2, 0.25) is 11.9 Å². The molecule has 0 saturated carbocycles. The van der Waals surface area contributed by atoms with Gasteiger partial charge in [0.25, 0.3) is 0 Å². The summed E-state index contributed by atoms with van der Waals surface area (Å²) in [6, 6.07) is 1.31. The minimum atomic E-state index is -0.841. The van der Waals surface area contributed by atoms with Crippen LogP contribution in [0, 0.1) is 0 Å². The predicted molar refractivity (Wildman–Crippen MR) is 69.1 cm³/mol. The van der Waals surface area contributed by atoms with Crippen LogP contribution in [-0.2, 0) is 4.79 Å². The molecule has 1 rings (SSSR count). The van der Waals surface area contributed by atoms with E-state index >= 15 is 0 Å². The summed E-state index contributed by atoms with van der Waals surface area (Å²) >= 11 is 0. The first-order valence-electron chi connectivity index (χ1n) is 5.80. The highest BCUT2D eigenvalue weighted by molar-refractivity contribution is 5.92. The highest BCUT2D eigenvalue weighted by Gasteiger charge is 2.24. The number of nitrogens with one attached hydrogen (secondary N) is 1. The Morgan fingerprint density at radius 1 is 1.50 bits per heavy atom. The van der Waals surface area contributed by atoms with Crippen molar-refractivity contribution in [3.05, 3.63) is 18.5 Å². The maximum atomic E-state index is 11.9. The van der Waals surface area contributed by atoms with Crippen LogP contribution in [0.1, 0.15) is 20.8 Å². The van der Waals surface area contributed by atoms with Gasteiger partial charge in [-0.3, -0.25) is 15.0 Å². The van der Waals surface area contributed by atoms with Crippen LogP contribution in [0.5, 0.6) is 0 Å². The van der Waals surface area contributed by atoms with Crippen molar-refractivity contribution < 1.29 is 9.90 Å². The quantitative estimate of drug-likeness (QED) is 0.798. The molecule has 0 spiro atoms. The molecule has 100 valence electrons. The van der Waals surface area contributed by atoms with E-state index in [0.717, 1.165) is 0 Å². The molecule has 18 heavy (non-hydrogen) atoms. The highest BCUT2D eigenvalue weighted by atomic mass is 16.3. The van der Waals surface area contributed by atoms with Gasteiger partial charge in [0.15, 0.2) is 0 Å². The second-order valence-corrected chi connectivity index (χ2v) is 4.97. The molecule has 0 bridgehead atoms. The van der Waals surface area contributed by atoms with Gasteiger partial charge in [0.05, 0.1) is 11.6 Å². The highest BCUT2D eigenvalue weighted by Crippen LogP contribution is 2.07. The molecule has 0 saturated heterocycles. The van der Waals surface area contributed by atoms with Crippen LogP contribution in [0.25, 0.3) is 0 Å². The molecule has 1 heterocycles. The topological polar surface area (TPSA) is 78.4 Å². The summed E-state index contributed by atoms with van der Waals surface area (Å²) in [6.45, 7) is 5.57. The molecule has 0 radical (unpaired) electrons. The van der Waals surface area contributed by atoms with E-state index in [1.165, 1.54) is 0 Å². The monoisotopic (exact) mass is 252 g/mol. The Hall–Kier alpha value is -1.53. The first-order valence-corrected chi connectivity index (χ1v) is 5.80. The summed E-state index contributed by atoms with van der Waals surface area (Å²) < 4.78 is 0. The summed E-state index contributed by atoms with van der Waals surface area (Å²) in [4.78, 5) is 21.5. The van der Waals surface area contributed by atoms with Crippen LogP contribution >= 0.6 is 0 Å². The Morgan fingerprint density at radius 2 is 2.06 bits per heavy atom. The molecule has 0 aromatic carbocycles. The van der Waals surface area contributed by atoms with Gasteiger partial charge in [-0.25, -0.2) is 9.97 Å². The number of aliphatic hydroxyl groups is 1. The Kier molecular flexibility index (Phi) is 4.75. The number of nitrogens with zero attached hydrogens (tertiary/aromatic N) is 3. The Morgan fingerprint density at radius 3 is 2.56 bits per heavy atom. The molecule has 6 heteroatoms. The molecule has 0 fully saturated rings. The summed E-state index contributed by atoms with van der Waals surface area (Å²) in [7, 11) is 1.79. The van der Waals surface area contributed by atoms with Crippen molar-refractivity contribution in [2.45, 2.75) is 32.4 Å². The largest absolute Gasteiger partial charge is 0.389 e. The molecular formula is C12H20N4O2. The number of aromatic nitrogens is 2. The van der Waals surface area contributed by atoms with Crippen molar-refractivity contribution in [3.63, 3.8) is 0 Å². The van der Waals surface area contributed by atoms with E-state index in [1.54, 1.807) is 51.2 Å². The summed E-state index contributed by atoms with van der Waals surface area (Å²) in [5.74, 6) is 0.0824. The molecular weight excluding hydrogens is 232 g/mol. The third-order valence-corrected chi connectivity index (χ3v) is 2.48. The fourth-order valence-electron chi connectivity index (χ4n) is 1.53. The number of carbonyl (C=O) groups is 1. The lowest BCUT2D eigenvalue weighted by Crippen LogP contribution is -2.46. The minimum Gasteiger partial charge on any atom is -0.389 e. The third kappa shape index (κ3) is 4.77. The summed E-state index contributed by atoms with van der Waals surface area (Å²) in [6.07, 6.45) is 3.13. The molecule has 1 amide bonds. The predicted octanol–water partition coefficient (Wildman–Crippen LogP) is 0.506. The van der Waals surface area contributed by atoms with E-state index in [-0.39, 0.29) is 17.9 Å². The first kappa shape index (κ1) is 14.5. The number of amides is 1. The molecule has 1 aromatic rings. The number of anilines is 1. The van der Waals surface area contributed by atoms with Gasteiger partial charge in [-0.1, -0.05) is 0 Å². The first-order chi connectivity index (χ1) is 8.29. The molecule has 6 nitrogen and oxygen atoms in total. The number of hydrogen-bond acceptors (Lipinski definition) is 5. The van der Waals surface area contributed by atoms with Crippen LogP contribution in [0.3, 0.4) is 0 Å². The fourth-order valence-corrected chi connectivity index (χ4v) is 1.53. The molecule has 0 aliphatic heterocycles. The lowest BCUT2D eigenvalue weighted by molar-refractivity contribution is -0.121. The molecule has 2 N–H and O–H groups in total. The third-order valence-electron chi connectivity index (χ3n) is 2.48. The van der Waals surface area contributed by atoms with Gasteiger partial charge in [-0.2, -0.15) is 0 Å². The van der Waals surface area contributed by atoms with Crippen molar-refractivity contribution in [2.24, 2.45) is 0 Å². The van der Waals surface area contributed by atoms with Crippen LogP contribution in [0.15, 0.2) is 18.5 Å². The molecule has 1 atom stereocenters. The molecule has 1 aromatic heterocycles. The van der Waals surface area contributed by atoms with Crippen LogP contribution in [-0.4, -0.2) is 51.1 Å². The average molecular weight is 252 g/mol. The lowest BCUT2D eigenvalue weighted by atomic mass is 10.1. The smallest absolute Gasteiger partial charge is 0.243 e. The number of hydrogen-bond donors (Lipinski definition) is 2. The van der Waals surface area contributed by atoms with Crippen molar-refractivity contribution >= 4 is 11.9 Å². The normalized spacial score (nSPS) is 13.4. The summed E-state index contributed by atoms with van der Waals surface area (Å²) in [5, 5.41) is 12.3. The zero-order valence-corrected chi connectivity index (χ0v) is 11.2. The second-order valence-electron chi connectivity index (χ2n) is 4.97. The maximum absolute atomic E-state index is 11.9. The number of rotatable bonds is 5. The van der Waals surface area contributed by atoms with E-state index < -0.39 is 5.60 Å². The molecule has 1 unspecified atom stereocenters. The second kappa shape index (κ2) is 5.88. The SMILES string of the molecule is CC(C(=O)Nc1ncccn1)N(C)CC(C)(C)O. The zero-order valence-electron chi connectivity index (χ0n) is 11.2. The van der Waals surface area contributed by atoms with Crippen molar-refractivity contribution in [1.82, 2.24) is 14.9 Å². The summed E-state index contributed by atoms with van der Waals surface area (Å²) in [5.41, 5.74) is -0.841. The van der Waals surface area contributed by atoms with Crippen LogP contribution in [0.2, 0.25) is 0 Å². The van der Waals surface area contributed by atoms with Crippen LogP contribution < -0.4 is 5.32 Å².